The SMILES string of the molecule is COC1CC(C(=O)Nc2ncc(F)cc2Cl)C1. The molecular weight excluding hydrogens is 247 g/mol. The van der Waals surface area contributed by atoms with Crippen molar-refractivity contribution in [1.29, 1.82) is 0 Å². The number of carbonyl (C=O) groups excluding carboxylic acids is 1. The fourth-order valence-corrected chi connectivity index (χ4v) is 1.90. The smallest absolute Gasteiger partial charge is 0.228 e. The van der Waals surface area contributed by atoms with E-state index in [1.807, 2.05) is 0 Å². The lowest BCUT2D eigenvalue weighted by atomic mass is 9.81. The van der Waals surface area contributed by atoms with Crippen molar-refractivity contribution in [2.24, 2.45) is 5.92 Å². The number of pyridine rings is 1. The Labute approximate surface area is 103 Å². The molecular formula is C11H12ClFN2O2. The maximum absolute atomic E-state index is 12.7. The van der Waals surface area contributed by atoms with Crippen LogP contribution in [-0.2, 0) is 9.53 Å². The molecule has 0 aromatic carbocycles. The van der Waals surface area contributed by atoms with E-state index in [-0.39, 0.29) is 28.8 Å². The summed E-state index contributed by atoms with van der Waals surface area (Å²) in [4.78, 5) is 15.5. The van der Waals surface area contributed by atoms with Crippen LogP contribution in [0.5, 0.6) is 0 Å². The van der Waals surface area contributed by atoms with Gasteiger partial charge in [0.2, 0.25) is 5.91 Å². The topological polar surface area (TPSA) is 51.2 Å². The van der Waals surface area contributed by atoms with Crippen LogP contribution in [0.1, 0.15) is 12.8 Å². The number of halogens is 2. The van der Waals surface area contributed by atoms with E-state index in [4.69, 9.17) is 16.3 Å². The zero-order valence-electron chi connectivity index (χ0n) is 9.24. The average molecular weight is 259 g/mol. The highest BCUT2D eigenvalue weighted by molar-refractivity contribution is 6.33. The van der Waals surface area contributed by atoms with Gasteiger partial charge in [0, 0.05) is 13.0 Å². The summed E-state index contributed by atoms with van der Waals surface area (Å²) in [6.45, 7) is 0. The van der Waals surface area contributed by atoms with Gasteiger partial charge in [-0.05, 0) is 18.9 Å². The van der Waals surface area contributed by atoms with Gasteiger partial charge in [-0.15, -0.1) is 0 Å². The normalized spacial score (nSPS) is 23.0. The van der Waals surface area contributed by atoms with Gasteiger partial charge >= 0.3 is 0 Å². The molecule has 0 aliphatic heterocycles. The molecule has 0 bridgehead atoms. The van der Waals surface area contributed by atoms with E-state index in [0.29, 0.717) is 12.8 Å². The Kier molecular flexibility index (Phi) is 3.59. The molecule has 17 heavy (non-hydrogen) atoms. The van der Waals surface area contributed by atoms with Gasteiger partial charge in [-0.1, -0.05) is 11.6 Å². The van der Waals surface area contributed by atoms with Crippen LogP contribution in [0.4, 0.5) is 10.2 Å². The molecule has 1 N–H and O–H groups in total. The molecule has 1 saturated carbocycles. The van der Waals surface area contributed by atoms with Gasteiger partial charge in [0.05, 0.1) is 17.3 Å². The molecule has 6 heteroatoms. The Balaban J connectivity index is 1.95. The van der Waals surface area contributed by atoms with Crippen molar-refractivity contribution in [3.63, 3.8) is 0 Å². The monoisotopic (exact) mass is 258 g/mol. The highest BCUT2D eigenvalue weighted by Crippen LogP contribution is 2.31. The zero-order valence-corrected chi connectivity index (χ0v) is 10.00. The summed E-state index contributed by atoms with van der Waals surface area (Å²) in [6, 6.07) is 1.11. The largest absolute Gasteiger partial charge is 0.381 e. The Morgan fingerprint density at radius 1 is 1.65 bits per heavy atom. The van der Waals surface area contributed by atoms with Gasteiger partial charge in [0.25, 0.3) is 0 Å². The van der Waals surface area contributed by atoms with E-state index in [2.05, 4.69) is 10.3 Å². The maximum Gasteiger partial charge on any atom is 0.228 e. The first kappa shape index (κ1) is 12.3. The number of hydrogen-bond donors (Lipinski definition) is 1. The van der Waals surface area contributed by atoms with Gasteiger partial charge < -0.3 is 10.1 Å². The summed E-state index contributed by atoms with van der Waals surface area (Å²) < 4.78 is 17.8. The third-order valence-electron chi connectivity index (χ3n) is 2.85. The summed E-state index contributed by atoms with van der Waals surface area (Å²) in [7, 11) is 1.62. The van der Waals surface area contributed by atoms with Crippen LogP contribution in [0.3, 0.4) is 0 Å². The Morgan fingerprint density at radius 2 is 2.35 bits per heavy atom. The Bertz CT molecular complexity index is 435. The Morgan fingerprint density at radius 3 is 2.94 bits per heavy atom. The summed E-state index contributed by atoms with van der Waals surface area (Å²) in [5.74, 6) is -0.572. The summed E-state index contributed by atoms with van der Waals surface area (Å²) in [5, 5.41) is 2.68. The third kappa shape index (κ3) is 2.73. The van der Waals surface area contributed by atoms with Gasteiger partial charge in [0.1, 0.15) is 5.82 Å². The van der Waals surface area contributed by atoms with E-state index in [1.54, 1.807) is 7.11 Å². The molecule has 0 spiro atoms. The number of carbonyl (C=O) groups is 1. The van der Waals surface area contributed by atoms with E-state index in [0.717, 1.165) is 12.3 Å². The minimum Gasteiger partial charge on any atom is -0.381 e. The first-order valence-corrected chi connectivity index (χ1v) is 5.62. The van der Waals surface area contributed by atoms with Crippen molar-refractivity contribution >= 4 is 23.3 Å². The number of amides is 1. The first-order chi connectivity index (χ1) is 8.10. The predicted molar refractivity (Wildman–Crippen MR) is 61.4 cm³/mol. The van der Waals surface area contributed by atoms with Crippen molar-refractivity contribution < 1.29 is 13.9 Å². The highest BCUT2D eigenvalue weighted by Gasteiger charge is 2.34. The fourth-order valence-electron chi connectivity index (χ4n) is 1.70. The molecule has 4 nitrogen and oxygen atoms in total. The highest BCUT2D eigenvalue weighted by atomic mass is 35.5. The number of ether oxygens (including phenoxy) is 1. The molecule has 2 rings (SSSR count). The van der Waals surface area contributed by atoms with Crippen LogP contribution < -0.4 is 5.32 Å². The minimum atomic E-state index is -0.531. The molecule has 0 saturated heterocycles. The molecule has 1 fully saturated rings. The van der Waals surface area contributed by atoms with Crippen LogP contribution >= 0.6 is 11.6 Å². The first-order valence-electron chi connectivity index (χ1n) is 5.25. The van der Waals surface area contributed by atoms with Crippen molar-refractivity contribution in [2.45, 2.75) is 18.9 Å². The zero-order chi connectivity index (χ0) is 12.4. The molecule has 1 heterocycles. The third-order valence-corrected chi connectivity index (χ3v) is 3.14. The summed E-state index contributed by atoms with van der Waals surface area (Å²) in [5.41, 5.74) is 0. The number of nitrogens with zero attached hydrogens (tertiary/aromatic N) is 1. The van der Waals surface area contributed by atoms with Crippen LogP contribution in [0.25, 0.3) is 0 Å². The lowest BCUT2D eigenvalue weighted by Gasteiger charge is -2.32. The lowest BCUT2D eigenvalue weighted by Crippen LogP contribution is -2.38. The summed E-state index contributed by atoms with van der Waals surface area (Å²) >= 11 is 5.75. The molecule has 1 aliphatic carbocycles. The number of aromatic nitrogens is 1. The van der Waals surface area contributed by atoms with E-state index >= 15 is 0 Å². The number of methoxy groups -OCH3 is 1. The van der Waals surface area contributed by atoms with Gasteiger partial charge in [0.15, 0.2) is 5.82 Å². The number of anilines is 1. The van der Waals surface area contributed by atoms with E-state index < -0.39 is 5.82 Å². The second kappa shape index (κ2) is 4.98. The van der Waals surface area contributed by atoms with E-state index in [1.165, 1.54) is 0 Å². The number of nitrogens with one attached hydrogen (secondary N) is 1. The molecule has 92 valence electrons. The molecule has 1 aliphatic rings. The quantitative estimate of drug-likeness (QED) is 0.905. The second-order valence-electron chi connectivity index (χ2n) is 4.00. The molecule has 1 aromatic rings. The van der Waals surface area contributed by atoms with Gasteiger partial charge in [-0.2, -0.15) is 0 Å². The molecule has 0 atom stereocenters. The van der Waals surface area contributed by atoms with Crippen molar-refractivity contribution in [2.75, 3.05) is 12.4 Å². The molecule has 0 unspecified atom stereocenters. The second-order valence-corrected chi connectivity index (χ2v) is 4.41. The predicted octanol–water partition coefficient (Wildman–Crippen LogP) is 2.24. The number of rotatable bonds is 3. The number of hydrogen-bond acceptors (Lipinski definition) is 3. The lowest BCUT2D eigenvalue weighted by molar-refractivity contribution is -0.127. The van der Waals surface area contributed by atoms with E-state index in [9.17, 15) is 9.18 Å². The van der Waals surface area contributed by atoms with Crippen LogP contribution in [0.15, 0.2) is 12.3 Å². The summed E-state index contributed by atoms with van der Waals surface area (Å²) in [6.07, 6.45) is 2.56. The maximum atomic E-state index is 12.7. The molecule has 1 amide bonds. The van der Waals surface area contributed by atoms with Crippen LogP contribution in [-0.4, -0.2) is 24.1 Å². The molecule has 0 radical (unpaired) electrons. The van der Waals surface area contributed by atoms with Crippen molar-refractivity contribution in [3.8, 4) is 0 Å². The van der Waals surface area contributed by atoms with Gasteiger partial charge in [-0.3, -0.25) is 4.79 Å². The average Bonchev–Trinajstić information content (AvgIpc) is 2.21. The van der Waals surface area contributed by atoms with Crippen molar-refractivity contribution in [3.05, 3.63) is 23.1 Å². The Hall–Kier alpha value is -1.20. The molecule has 1 aromatic heterocycles. The van der Waals surface area contributed by atoms with Crippen LogP contribution in [0.2, 0.25) is 5.02 Å². The fraction of sp³-hybridized carbons (Fsp3) is 0.455. The standard InChI is InChI=1S/C11H12ClFN2O2/c1-17-8-2-6(3-8)11(16)15-10-9(12)4-7(13)5-14-10/h4-6,8H,2-3H2,1H3,(H,14,15,16). The van der Waals surface area contributed by atoms with Crippen LogP contribution in [0, 0.1) is 11.7 Å². The minimum absolute atomic E-state index is 0.0807. The van der Waals surface area contributed by atoms with Crippen molar-refractivity contribution in [1.82, 2.24) is 4.98 Å². The van der Waals surface area contributed by atoms with Gasteiger partial charge in [-0.25, -0.2) is 9.37 Å².